The van der Waals surface area contributed by atoms with Crippen LogP contribution >= 0.6 is 0 Å². The monoisotopic (exact) mass is 432 g/mol. The molecule has 0 saturated heterocycles. The molecule has 0 atom stereocenters. The number of halogens is 1. The fraction of sp³-hybridized carbons (Fsp3) is 0.370. The summed E-state index contributed by atoms with van der Waals surface area (Å²) < 4.78 is 15.6. The van der Waals surface area contributed by atoms with Crippen LogP contribution in [-0.2, 0) is 13.1 Å². The first-order valence-electron chi connectivity index (χ1n) is 11.7. The van der Waals surface area contributed by atoms with Crippen molar-refractivity contribution in [2.45, 2.75) is 39.8 Å². The summed E-state index contributed by atoms with van der Waals surface area (Å²) in [4.78, 5) is 7.21. The van der Waals surface area contributed by atoms with Crippen LogP contribution in [0.2, 0.25) is 0 Å². The van der Waals surface area contributed by atoms with Gasteiger partial charge < -0.3 is 14.8 Å². The van der Waals surface area contributed by atoms with Gasteiger partial charge in [-0.3, -0.25) is 4.98 Å². The Balaban J connectivity index is 1.47. The van der Waals surface area contributed by atoms with Gasteiger partial charge in [0.15, 0.2) is 0 Å². The van der Waals surface area contributed by atoms with Crippen LogP contribution in [0.25, 0.3) is 21.8 Å². The lowest BCUT2D eigenvalue weighted by molar-refractivity contribution is 0.296. The Morgan fingerprint density at radius 3 is 2.50 bits per heavy atom. The molecule has 5 heteroatoms. The van der Waals surface area contributed by atoms with Crippen molar-refractivity contribution in [1.82, 2.24) is 19.8 Å². The van der Waals surface area contributed by atoms with Gasteiger partial charge in [-0.1, -0.05) is 44.2 Å². The van der Waals surface area contributed by atoms with E-state index in [9.17, 15) is 4.39 Å². The lowest BCUT2D eigenvalue weighted by atomic mass is 10.1. The number of aromatic nitrogens is 2. The molecular formula is C27H33FN4. The van der Waals surface area contributed by atoms with Crippen molar-refractivity contribution >= 4 is 21.8 Å². The minimum Gasteiger partial charge on any atom is -0.335 e. The summed E-state index contributed by atoms with van der Waals surface area (Å²) in [6.07, 6.45) is 4.38. The highest BCUT2D eigenvalue weighted by Gasteiger charge is 2.12. The Hall–Kier alpha value is -2.76. The summed E-state index contributed by atoms with van der Waals surface area (Å²) in [5.41, 5.74) is 4.42. The van der Waals surface area contributed by atoms with Crippen molar-refractivity contribution in [1.29, 1.82) is 0 Å². The SMILES string of the molecule is CCN(CC)CCCCNCc1cc2c3ccccc3n(Cc3ccc(F)cc3)c2cn1. The summed E-state index contributed by atoms with van der Waals surface area (Å²) in [6.45, 7) is 10.3. The van der Waals surface area contributed by atoms with Crippen LogP contribution in [0, 0.1) is 5.82 Å². The molecule has 4 rings (SSSR count). The fourth-order valence-electron chi connectivity index (χ4n) is 4.37. The second-order valence-corrected chi connectivity index (χ2v) is 8.33. The highest BCUT2D eigenvalue weighted by atomic mass is 19.1. The van der Waals surface area contributed by atoms with Gasteiger partial charge in [-0.15, -0.1) is 0 Å². The maximum absolute atomic E-state index is 13.3. The highest BCUT2D eigenvalue weighted by molar-refractivity contribution is 6.07. The average molecular weight is 433 g/mol. The second kappa shape index (κ2) is 10.7. The summed E-state index contributed by atoms with van der Waals surface area (Å²) >= 11 is 0. The fourth-order valence-corrected chi connectivity index (χ4v) is 4.37. The molecule has 0 amide bonds. The molecule has 0 aliphatic carbocycles. The number of nitrogens with zero attached hydrogens (tertiary/aromatic N) is 3. The maximum Gasteiger partial charge on any atom is 0.123 e. The minimum absolute atomic E-state index is 0.206. The first kappa shape index (κ1) is 22.4. The molecule has 0 saturated carbocycles. The summed E-state index contributed by atoms with van der Waals surface area (Å²) in [6, 6.07) is 17.4. The Morgan fingerprint density at radius 2 is 1.72 bits per heavy atom. The maximum atomic E-state index is 13.3. The van der Waals surface area contributed by atoms with Gasteiger partial charge in [0.25, 0.3) is 0 Å². The third-order valence-electron chi connectivity index (χ3n) is 6.25. The van der Waals surface area contributed by atoms with Crippen LogP contribution in [0.15, 0.2) is 60.8 Å². The number of benzene rings is 2. The summed E-state index contributed by atoms with van der Waals surface area (Å²) in [5, 5.41) is 6.00. The molecule has 168 valence electrons. The number of pyridine rings is 1. The number of rotatable bonds is 11. The van der Waals surface area contributed by atoms with Crippen molar-refractivity contribution in [3.8, 4) is 0 Å². The topological polar surface area (TPSA) is 33.1 Å². The van der Waals surface area contributed by atoms with E-state index in [-0.39, 0.29) is 5.82 Å². The van der Waals surface area contributed by atoms with Gasteiger partial charge in [0.2, 0.25) is 0 Å². The van der Waals surface area contributed by atoms with Crippen LogP contribution in [-0.4, -0.2) is 40.6 Å². The van der Waals surface area contributed by atoms with Crippen LogP contribution < -0.4 is 5.32 Å². The van der Waals surface area contributed by atoms with Gasteiger partial charge in [0.1, 0.15) is 5.82 Å². The molecule has 4 aromatic rings. The predicted molar refractivity (Wildman–Crippen MR) is 131 cm³/mol. The molecule has 2 aromatic heterocycles. The lowest BCUT2D eigenvalue weighted by Gasteiger charge is -2.17. The molecule has 2 heterocycles. The standard InChI is InChI=1S/C27H33FN4/c1-3-31(4-2)16-8-7-15-29-18-23-17-25-24-9-5-6-10-26(24)32(27(25)19-30-23)20-21-11-13-22(28)14-12-21/h5-6,9-14,17,19,29H,3-4,7-8,15-16,18,20H2,1-2H3. The van der Waals surface area contributed by atoms with Crippen molar-refractivity contribution in [2.24, 2.45) is 0 Å². The molecule has 0 spiro atoms. The predicted octanol–water partition coefficient (Wildman–Crippen LogP) is 5.59. The van der Waals surface area contributed by atoms with E-state index in [1.807, 2.05) is 18.3 Å². The first-order chi connectivity index (χ1) is 15.7. The zero-order valence-corrected chi connectivity index (χ0v) is 19.1. The third kappa shape index (κ3) is 5.17. The van der Waals surface area contributed by atoms with E-state index in [1.54, 1.807) is 0 Å². The van der Waals surface area contributed by atoms with E-state index in [0.717, 1.165) is 43.0 Å². The van der Waals surface area contributed by atoms with E-state index >= 15 is 0 Å². The Kier molecular flexibility index (Phi) is 7.51. The highest BCUT2D eigenvalue weighted by Crippen LogP contribution is 2.29. The quantitative estimate of drug-likeness (QED) is 0.314. The van der Waals surface area contributed by atoms with E-state index < -0.39 is 0 Å². The van der Waals surface area contributed by atoms with Crippen molar-refractivity contribution in [2.75, 3.05) is 26.2 Å². The molecule has 0 aliphatic rings. The molecule has 4 nitrogen and oxygen atoms in total. The largest absolute Gasteiger partial charge is 0.335 e. The average Bonchev–Trinajstić information content (AvgIpc) is 3.13. The van der Waals surface area contributed by atoms with Crippen LogP contribution in [0.5, 0.6) is 0 Å². The Bertz CT molecular complexity index is 1150. The van der Waals surface area contributed by atoms with Gasteiger partial charge in [0, 0.05) is 29.4 Å². The summed E-state index contributed by atoms with van der Waals surface area (Å²) in [7, 11) is 0. The van der Waals surface area contributed by atoms with Gasteiger partial charge in [0.05, 0.1) is 17.4 Å². The molecule has 0 aliphatic heterocycles. The van der Waals surface area contributed by atoms with Gasteiger partial charge in [-0.2, -0.15) is 0 Å². The lowest BCUT2D eigenvalue weighted by Crippen LogP contribution is -2.25. The van der Waals surface area contributed by atoms with Crippen molar-refractivity contribution < 1.29 is 4.39 Å². The van der Waals surface area contributed by atoms with Crippen LogP contribution in [0.4, 0.5) is 4.39 Å². The van der Waals surface area contributed by atoms with Crippen LogP contribution in [0.3, 0.4) is 0 Å². The minimum atomic E-state index is -0.206. The zero-order valence-electron chi connectivity index (χ0n) is 19.1. The molecule has 0 bridgehead atoms. The second-order valence-electron chi connectivity index (χ2n) is 8.33. The normalized spacial score (nSPS) is 11.8. The van der Waals surface area contributed by atoms with E-state index in [2.05, 4.69) is 59.0 Å². The number of hydrogen-bond donors (Lipinski definition) is 1. The number of nitrogens with one attached hydrogen (secondary N) is 1. The molecule has 2 aromatic carbocycles. The van der Waals surface area contributed by atoms with Gasteiger partial charge in [-0.05, 0) is 68.8 Å². The van der Waals surface area contributed by atoms with Crippen molar-refractivity contribution in [3.05, 3.63) is 77.9 Å². The Labute approximate surface area is 190 Å². The third-order valence-corrected chi connectivity index (χ3v) is 6.25. The Morgan fingerprint density at radius 1 is 0.938 bits per heavy atom. The summed E-state index contributed by atoms with van der Waals surface area (Å²) in [5.74, 6) is -0.206. The number of unbranched alkanes of at least 4 members (excludes halogenated alkanes) is 1. The molecule has 1 N–H and O–H groups in total. The number of fused-ring (bicyclic) bond motifs is 3. The van der Waals surface area contributed by atoms with E-state index in [4.69, 9.17) is 4.98 Å². The van der Waals surface area contributed by atoms with Crippen LogP contribution in [0.1, 0.15) is 37.9 Å². The molecule has 0 unspecified atom stereocenters. The van der Waals surface area contributed by atoms with E-state index in [0.29, 0.717) is 6.54 Å². The van der Waals surface area contributed by atoms with Gasteiger partial charge >= 0.3 is 0 Å². The molecule has 0 fully saturated rings. The molecular weight excluding hydrogens is 399 g/mol. The number of para-hydroxylation sites is 1. The zero-order chi connectivity index (χ0) is 22.3. The van der Waals surface area contributed by atoms with Gasteiger partial charge in [-0.25, -0.2) is 4.39 Å². The first-order valence-corrected chi connectivity index (χ1v) is 11.7. The smallest absolute Gasteiger partial charge is 0.123 e. The van der Waals surface area contributed by atoms with Crippen molar-refractivity contribution in [3.63, 3.8) is 0 Å². The van der Waals surface area contributed by atoms with E-state index in [1.165, 1.54) is 47.8 Å². The molecule has 32 heavy (non-hydrogen) atoms. The molecule has 0 radical (unpaired) electrons. The number of hydrogen-bond acceptors (Lipinski definition) is 3.